The molecule has 24 heavy (non-hydrogen) atoms. The number of hydrogen-bond acceptors (Lipinski definition) is 4. The zero-order valence-electron chi connectivity index (χ0n) is 13.6. The fourth-order valence-corrected chi connectivity index (χ4v) is 2.97. The van der Waals surface area contributed by atoms with E-state index in [1.54, 1.807) is 20.0 Å². The molecule has 3 rings (SSSR count). The molecule has 1 unspecified atom stereocenters. The van der Waals surface area contributed by atoms with Gasteiger partial charge < -0.3 is 9.64 Å². The third-order valence-corrected chi connectivity index (χ3v) is 4.12. The van der Waals surface area contributed by atoms with E-state index in [4.69, 9.17) is 4.74 Å². The molecule has 0 saturated heterocycles. The zero-order valence-corrected chi connectivity index (χ0v) is 13.6. The molecule has 0 fully saturated rings. The first kappa shape index (κ1) is 16.2. The molecule has 0 amide bonds. The largest absolute Gasteiger partial charge is 0.462 e. The number of benzene rings is 1. The Balaban J connectivity index is 2.15. The van der Waals surface area contributed by atoms with E-state index in [9.17, 15) is 14.0 Å². The Morgan fingerprint density at radius 3 is 2.71 bits per heavy atom. The highest BCUT2D eigenvalue weighted by molar-refractivity contribution is 6.01. The van der Waals surface area contributed by atoms with Crippen molar-refractivity contribution in [3.8, 4) is 0 Å². The third kappa shape index (κ3) is 2.77. The number of halogens is 1. The SMILES string of the molecule is CCOC(=O)C1=C(C)N(c2ccccc2)C=C2CC(=O)C(F)C=C21. The van der Waals surface area contributed by atoms with Crippen LogP contribution in [0.4, 0.5) is 10.1 Å². The van der Waals surface area contributed by atoms with Crippen molar-refractivity contribution in [3.05, 3.63) is 65.0 Å². The molecule has 2 aliphatic rings. The number of nitrogens with zero attached hydrogens (tertiary/aromatic N) is 1. The first-order chi connectivity index (χ1) is 11.5. The van der Waals surface area contributed by atoms with Crippen LogP contribution < -0.4 is 4.90 Å². The Hall–Kier alpha value is -2.69. The van der Waals surface area contributed by atoms with E-state index >= 15 is 0 Å². The molecule has 1 heterocycles. The van der Waals surface area contributed by atoms with Crippen LogP contribution >= 0.6 is 0 Å². The standard InChI is InChI=1S/C19H18FNO3/c1-3-24-19(23)18-12(2)21(14-7-5-4-6-8-14)11-13-9-17(22)16(20)10-15(13)18/h4-8,10-11,16H,3,9H2,1-2H3. The smallest absolute Gasteiger partial charge is 0.340 e. The van der Waals surface area contributed by atoms with Gasteiger partial charge in [-0.3, -0.25) is 4.79 Å². The molecule has 1 aliphatic carbocycles. The van der Waals surface area contributed by atoms with E-state index in [0.717, 1.165) is 5.69 Å². The van der Waals surface area contributed by atoms with Crippen molar-refractivity contribution in [3.63, 3.8) is 0 Å². The average molecular weight is 327 g/mol. The topological polar surface area (TPSA) is 46.6 Å². The molecular weight excluding hydrogens is 309 g/mol. The Morgan fingerprint density at radius 2 is 2.04 bits per heavy atom. The number of allylic oxidation sites excluding steroid dienone is 3. The Morgan fingerprint density at radius 1 is 1.33 bits per heavy atom. The van der Waals surface area contributed by atoms with Gasteiger partial charge in [-0.05, 0) is 43.2 Å². The van der Waals surface area contributed by atoms with Gasteiger partial charge in [-0.2, -0.15) is 0 Å². The van der Waals surface area contributed by atoms with Crippen LogP contribution in [0.25, 0.3) is 0 Å². The summed E-state index contributed by atoms with van der Waals surface area (Å²) in [5.74, 6) is -1.00. The van der Waals surface area contributed by atoms with E-state index < -0.39 is 17.9 Å². The number of rotatable bonds is 3. The van der Waals surface area contributed by atoms with E-state index in [2.05, 4.69) is 0 Å². The predicted molar refractivity (Wildman–Crippen MR) is 88.9 cm³/mol. The van der Waals surface area contributed by atoms with Crippen LogP contribution in [0.15, 0.2) is 65.0 Å². The maximum atomic E-state index is 13.9. The highest BCUT2D eigenvalue weighted by Gasteiger charge is 2.35. The zero-order chi connectivity index (χ0) is 17.3. The number of carbonyl (C=O) groups excluding carboxylic acids is 2. The summed E-state index contributed by atoms with van der Waals surface area (Å²) in [5, 5.41) is 0. The lowest BCUT2D eigenvalue weighted by molar-refractivity contribution is -0.138. The third-order valence-electron chi connectivity index (χ3n) is 4.12. The number of ether oxygens (including phenoxy) is 1. The number of ketones is 1. The second-order valence-electron chi connectivity index (χ2n) is 5.67. The van der Waals surface area contributed by atoms with Gasteiger partial charge in [0, 0.05) is 24.0 Å². The molecule has 1 aromatic carbocycles. The number of Topliss-reactive ketones (excluding diaryl/α,β-unsaturated/α-hetero) is 1. The first-order valence-electron chi connectivity index (χ1n) is 7.85. The molecule has 124 valence electrons. The molecular formula is C19H18FNO3. The van der Waals surface area contributed by atoms with Gasteiger partial charge in [0.2, 0.25) is 0 Å². The lowest BCUT2D eigenvalue weighted by Crippen LogP contribution is -2.30. The average Bonchev–Trinajstić information content (AvgIpc) is 2.57. The van der Waals surface area contributed by atoms with Gasteiger partial charge in [0.25, 0.3) is 0 Å². The lowest BCUT2D eigenvalue weighted by atomic mass is 9.84. The van der Waals surface area contributed by atoms with Crippen molar-refractivity contribution < 1.29 is 18.7 Å². The number of fused-ring (bicyclic) bond motifs is 1. The van der Waals surface area contributed by atoms with Gasteiger partial charge in [-0.1, -0.05) is 18.2 Å². The second-order valence-corrected chi connectivity index (χ2v) is 5.67. The Kier molecular flexibility index (Phi) is 4.34. The molecule has 0 N–H and O–H groups in total. The van der Waals surface area contributed by atoms with Crippen LogP contribution in [-0.2, 0) is 14.3 Å². The van der Waals surface area contributed by atoms with E-state index in [-0.39, 0.29) is 13.0 Å². The van der Waals surface area contributed by atoms with Crippen LogP contribution in [-0.4, -0.2) is 24.5 Å². The summed E-state index contributed by atoms with van der Waals surface area (Å²) in [5.41, 5.74) is 2.92. The highest BCUT2D eigenvalue weighted by atomic mass is 19.1. The van der Waals surface area contributed by atoms with Gasteiger partial charge in [-0.15, -0.1) is 0 Å². The molecule has 0 radical (unpaired) electrons. The van der Waals surface area contributed by atoms with Crippen LogP contribution in [0, 0.1) is 0 Å². The maximum absolute atomic E-state index is 13.9. The van der Waals surface area contributed by atoms with Crippen molar-refractivity contribution >= 4 is 17.4 Å². The molecule has 4 nitrogen and oxygen atoms in total. The van der Waals surface area contributed by atoms with Gasteiger partial charge in [0.15, 0.2) is 12.0 Å². The van der Waals surface area contributed by atoms with Gasteiger partial charge >= 0.3 is 5.97 Å². The summed E-state index contributed by atoms with van der Waals surface area (Å²) in [7, 11) is 0. The summed E-state index contributed by atoms with van der Waals surface area (Å²) in [6.07, 6.45) is 1.29. The van der Waals surface area contributed by atoms with Crippen LogP contribution in [0.3, 0.4) is 0 Å². The van der Waals surface area contributed by atoms with Crippen molar-refractivity contribution in [1.82, 2.24) is 0 Å². The maximum Gasteiger partial charge on any atom is 0.340 e. The van der Waals surface area contributed by atoms with Gasteiger partial charge in [-0.25, -0.2) is 9.18 Å². The first-order valence-corrected chi connectivity index (χ1v) is 7.85. The summed E-state index contributed by atoms with van der Waals surface area (Å²) < 4.78 is 19.0. The van der Waals surface area contributed by atoms with Gasteiger partial charge in [0.1, 0.15) is 0 Å². The van der Waals surface area contributed by atoms with Crippen LogP contribution in [0.2, 0.25) is 0 Å². The number of anilines is 1. The molecule has 1 atom stereocenters. The number of para-hydroxylation sites is 1. The summed E-state index contributed by atoms with van der Waals surface area (Å²) in [4.78, 5) is 26.0. The summed E-state index contributed by atoms with van der Waals surface area (Å²) >= 11 is 0. The molecule has 1 aromatic rings. The Bertz CT molecular complexity index is 777. The molecule has 5 heteroatoms. The lowest BCUT2D eigenvalue weighted by Gasteiger charge is -2.33. The monoisotopic (exact) mass is 327 g/mol. The second kappa shape index (κ2) is 6.43. The van der Waals surface area contributed by atoms with Crippen LogP contribution in [0.5, 0.6) is 0 Å². The molecule has 0 saturated carbocycles. The normalized spacial score (nSPS) is 20.4. The van der Waals surface area contributed by atoms with E-state index in [1.807, 2.05) is 35.2 Å². The van der Waals surface area contributed by atoms with Crippen molar-refractivity contribution in [2.45, 2.75) is 26.4 Å². The minimum atomic E-state index is -1.68. The molecule has 0 aromatic heterocycles. The molecule has 0 bridgehead atoms. The minimum Gasteiger partial charge on any atom is -0.462 e. The van der Waals surface area contributed by atoms with E-state index in [1.165, 1.54) is 6.08 Å². The number of esters is 1. The quantitative estimate of drug-likeness (QED) is 0.798. The fraction of sp³-hybridized carbons (Fsp3) is 0.263. The molecule has 0 spiro atoms. The van der Waals surface area contributed by atoms with Gasteiger partial charge in [0.05, 0.1) is 12.2 Å². The summed E-state index contributed by atoms with van der Waals surface area (Å²) in [6, 6.07) is 9.48. The van der Waals surface area contributed by atoms with Crippen LogP contribution in [0.1, 0.15) is 20.3 Å². The Labute approximate surface area is 139 Å². The van der Waals surface area contributed by atoms with Crippen molar-refractivity contribution in [2.24, 2.45) is 0 Å². The number of alkyl halides is 1. The summed E-state index contributed by atoms with van der Waals surface area (Å²) in [6.45, 7) is 3.74. The van der Waals surface area contributed by atoms with Crippen molar-refractivity contribution in [2.75, 3.05) is 11.5 Å². The molecule has 1 aliphatic heterocycles. The predicted octanol–water partition coefficient (Wildman–Crippen LogP) is 3.46. The fourth-order valence-electron chi connectivity index (χ4n) is 2.97. The van der Waals surface area contributed by atoms with Crippen molar-refractivity contribution in [1.29, 1.82) is 0 Å². The highest BCUT2D eigenvalue weighted by Crippen LogP contribution is 2.38. The number of hydrogen-bond donors (Lipinski definition) is 0. The number of carbonyl (C=O) groups is 2. The van der Waals surface area contributed by atoms with E-state index in [0.29, 0.717) is 22.4 Å². The minimum absolute atomic E-state index is 0.0352.